The summed E-state index contributed by atoms with van der Waals surface area (Å²) in [5, 5.41) is 11.8. The van der Waals surface area contributed by atoms with E-state index < -0.39 is 0 Å². The van der Waals surface area contributed by atoms with Gasteiger partial charge in [-0.05, 0) is 34.9 Å². The van der Waals surface area contributed by atoms with Crippen molar-refractivity contribution in [3.63, 3.8) is 0 Å². The summed E-state index contributed by atoms with van der Waals surface area (Å²) in [6.45, 7) is 1.26. The first-order valence-electron chi connectivity index (χ1n) is 8.75. The first-order valence-corrected chi connectivity index (χ1v) is 10.5. The third-order valence-corrected chi connectivity index (χ3v) is 6.00. The summed E-state index contributed by atoms with van der Waals surface area (Å²) in [5.74, 6) is -0.0748. The van der Waals surface area contributed by atoms with Crippen molar-refractivity contribution in [2.45, 2.75) is 13.0 Å². The standard InChI is InChI=1S/C21H19N3OS2/c25-21(22-11-10-17-8-4-12-26-17)18-15-24(14-16-6-2-1-3-7-16)23-20(18)19-9-5-13-27-19/h1-9,12-13,15H,10-11,14H2,(H,22,25). The SMILES string of the molecule is O=C(NCCc1cccs1)c1cn(Cc2ccccc2)nc1-c1cccs1. The zero-order chi connectivity index (χ0) is 18.5. The summed E-state index contributed by atoms with van der Waals surface area (Å²) in [7, 11) is 0. The molecule has 0 aliphatic heterocycles. The van der Waals surface area contributed by atoms with Crippen molar-refractivity contribution in [1.82, 2.24) is 15.1 Å². The van der Waals surface area contributed by atoms with Crippen LogP contribution < -0.4 is 5.32 Å². The third kappa shape index (κ3) is 4.35. The van der Waals surface area contributed by atoms with Gasteiger partial charge >= 0.3 is 0 Å². The maximum absolute atomic E-state index is 12.8. The lowest BCUT2D eigenvalue weighted by atomic mass is 10.2. The Morgan fingerprint density at radius 1 is 1.00 bits per heavy atom. The van der Waals surface area contributed by atoms with Gasteiger partial charge in [-0.3, -0.25) is 9.48 Å². The molecular weight excluding hydrogens is 374 g/mol. The number of carbonyl (C=O) groups excluding carboxylic acids is 1. The minimum atomic E-state index is -0.0748. The fourth-order valence-corrected chi connectivity index (χ4v) is 4.32. The number of rotatable bonds is 7. The number of nitrogens with zero attached hydrogens (tertiary/aromatic N) is 2. The van der Waals surface area contributed by atoms with Crippen LogP contribution in [0.3, 0.4) is 0 Å². The normalized spacial score (nSPS) is 10.8. The van der Waals surface area contributed by atoms with Crippen molar-refractivity contribution in [2.75, 3.05) is 6.54 Å². The Morgan fingerprint density at radius 2 is 1.81 bits per heavy atom. The molecule has 0 aliphatic carbocycles. The highest BCUT2D eigenvalue weighted by Gasteiger charge is 2.18. The number of hydrogen-bond acceptors (Lipinski definition) is 4. The summed E-state index contributed by atoms with van der Waals surface area (Å²) in [5.41, 5.74) is 2.52. The summed E-state index contributed by atoms with van der Waals surface area (Å²) < 4.78 is 1.85. The molecule has 0 saturated carbocycles. The molecule has 0 aliphatic rings. The predicted octanol–water partition coefficient (Wildman–Crippen LogP) is 4.69. The zero-order valence-corrected chi connectivity index (χ0v) is 16.3. The minimum Gasteiger partial charge on any atom is -0.352 e. The van der Waals surface area contributed by atoms with Crippen LogP contribution in [0.2, 0.25) is 0 Å². The summed E-state index contributed by atoms with van der Waals surface area (Å²) in [6, 6.07) is 18.2. The summed E-state index contributed by atoms with van der Waals surface area (Å²) >= 11 is 3.31. The number of thiophene rings is 2. The molecule has 1 aromatic carbocycles. The van der Waals surface area contributed by atoms with Crippen LogP contribution in [0.5, 0.6) is 0 Å². The molecule has 0 radical (unpaired) electrons. The van der Waals surface area contributed by atoms with Crippen LogP contribution >= 0.6 is 22.7 Å². The highest BCUT2D eigenvalue weighted by atomic mass is 32.1. The topological polar surface area (TPSA) is 46.9 Å². The van der Waals surface area contributed by atoms with Gasteiger partial charge in [-0.25, -0.2) is 0 Å². The van der Waals surface area contributed by atoms with Crippen molar-refractivity contribution in [1.29, 1.82) is 0 Å². The first-order chi connectivity index (χ1) is 13.3. The van der Waals surface area contributed by atoms with Gasteiger partial charge in [0.15, 0.2) is 0 Å². The van der Waals surface area contributed by atoms with Crippen LogP contribution in [0.4, 0.5) is 0 Å². The highest BCUT2D eigenvalue weighted by Crippen LogP contribution is 2.27. The Balaban J connectivity index is 1.53. The van der Waals surface area contributed by atoms with Crippen LogP contribution in [0.25, 0.3) is 10.6 Å². The van der Waals surface area contributed by atoms with Gasteiger partial charge in [0, 0.05) is 17.6 Å². The van der Waals surface area contributed by atoms with Gasteiger partial charge in [0.05, 0.1) is 17.0 Å². The second-order valence-corrected chi connectivity index (χ2v) is 8.12. The number of aromatic nitrogens is 2. The van der Waals surface area contributed by atoms with E-state index in [4.69, 9.17) is 5.10 Å². The number of amides is 1. The van der Waals surface area contributed by atoms with Gasteiger partial charge < -0.3 is 5.32 Å². The molecule has 3 aromatic heterocycles. The van der Waals surface area contributed by atoms with E-state index in [1.165, 1.54) is 4.88 Å². The molecule has 4 nitrogen and oxygen atoms in total. The van der Waals surface area contributed by atoms with Crippen molar-refractivity contribution < 1.29 is 4.79 Å². The molecule has 136 valence electrons. The maximum atomic E-state index is 12.8. The predicted molar refractivity (Wildman–Crippen MR) is 111 cm³/mol. The van der Waals surface area contributed by atoms with Gasteiger partial charge in [-0.1, -0.05) is 42.5 Å². The number of carbonyl (C=O) groups is 1. The van der Waals surface area contributed by atoms with Gasteiger partial charge in [-0.2, -0.15) is 5.10 Å². The second-order valence-electron chi connectivity index (χ2n) is 6.14. The maximum Gasteiger partial charge on any atom is 0.255 e. The van der Waals surface area contributed by atoms with E-state index in [1.807, 2.05) is 52.7 Å². The lowest BCUT2D eigenvalue weighted by Crippen LogP contribution is -2.25. The Hall–Kier alpha value is -2.70. The van der Waals surface area contributed by atoms with E-state index in [9.17, 15) is 4.79 Å². The molecule has 0 unspecified atom stereocenters. The van der Waals surface area contributed by atoms with E-state index in [2.05, 4.69) is 28.9 Å². The Labute approximate surface area is 166 Å². The fourth-order valence-electron chi connectivity index (χ4n) is 2.88. The van der Waals surface area contributed by atoms with Crippen LogP contribution in [-0.2, 0) is 13.0 Å². The first kappa shape index (κ1) is 17.7. The Bertz CT molecular complexity index is 990. The Morgan fingerprint density at radius 3 is 2.56 bits per heavy atom. The zero-order valence-electron chi connectivity index (χ0n) is 14.7. The van der Waals surface area contributed by atoms with E-state index >= 15 is 0 Å². The van der Waals surface area contributed by atoms with Gasteiger partial charge in [0.1, 0.15) is 5.69 Å². The van der Waals surface area contributed by atoms with E-state index in [-0.39, 0.29) is 5.91 Å². The molecule has 3 heterocycles. The van der Waals surface area contributed by atoms with E-state index in [1.54, 1.807) is 22.7 Å². The monoisotopic (exact) mass is 393 g/mol. The minimum absolute atomic E-state index is 0.0748. The molecule has 1 amide bonds. The fraction of sp³-hybridized carbons (Fsp3) is 0.143. The second kappa shape index (κ2) is 8.33. The van der Waals surface area contributed by atoms with Crippen molar-refractivity contribution in [2.24, 2.45) is 0 Å². The molecule has 4 rings (SSSR count). The molecule has 4 aromatic rings. The van der Waals surface area contributed by atoms with Gasteiger partial charge in [0.2, 0.25) is 0 Å². The smallest absolute Gasteiger partial charge is 0.255 e. The molecule has 0 atom stereocenters. The number of nitrogens with one attached hydrogen (secondary N) is 1. The lowest BCUT2D eigenvalue weighted by Gasteiger charge is -2.03. The molecule has 27 heavy (non-hydrogen) atoms. The molecule has 0 bridgehead atoms. The van der Waals surface area contributed by atoms with Crippen molar-refractivity contribution in [3.8, 4) is 10.6 Å². The largest absolute Gasteiger partial charge is 0.352 e. The number of benzene rings is 1. The highest BCUT2D eigenvalue weighted by molar-refractivity contribution is 7.13. The molecule has 1 N–H and O–H groups in total. The average molecular weight is 394 g/mol. The summed E-state index contributed by atoms with van der Waals surface area (Å²) in [4.78, 5) is 15.1. The van der Waals surface area contributed by atoms with Gasteiger partial charge in [-0.15, -0.1) is 22.7 Å². The average Bonchev–Trinajstić information content (AvgIpc) is 3.44. The molecular formula is C21H19N3OS2. The lowest BCUT2D eigenvalue weighted by molar-refractivity contribution is 0.0955. The molecule has 0 spiro atoms. The van der Waals surface area contributed by atoms with Crippen LogP contribution in [0, 0.1) is 0 Å². The number of hydrogen-bond donors (Lipinski definition) is 1. The Kier molecular flexibility index (Phi) is 5.46. The van der Waals surface area contributed by atoms with Gasteiger partial charge in [0.25, 0.3) is 5.91 Å². The third-order valence-electron chi connectivity index (χ3n) is 4.19. The van der Waals surface area contributed by atoms with Crippen LogP contribution in [0.1, 0.15) is 20.8 Å². The quantitative estimate of drug-likeness (QED) is 0.495. The molecule has 6 heteroatoms. The van der Waals surface area contributed by atoms with E-state index in [0.717, 1.165) is 22.6 Å². The summed E-state index contributed by atoms with van der Waals surface area (Å²) in [6.07, 6.45) is 2.69. The van der Waals surface area contributed by atoms with Crippen molar-refractivity contribution in [3.05, 3.63) is 87.6 Å². The molecule has 0 saturated heterocycles. The van der Waals surface area contributed by atoms with Crippen LogP contribution in [-0.4, -0.2) is 22.2 Å². The van der Waals surface area contributed by atoms with Crippen molar-refractivity contribution >= 4 is 28.6 Å². The molecule has 0 fully saturated rings. The van der Waals surface area contributed by atoms with Crippen LogP contribution in [0.15, 0.2) is 71.6 Å². The van der Waals surface area contributed by atoms with E-state index in [0.29, 0.717) is 18.7 Å².